The summed E-state index contributed by atoms with van der Waals surface area (Å²) in [5.74, 6) is -0.212. The molecule has 0 radical (unpaired) electrons. The Balaban J connectivity index is 1.62. The smallest absolute Gasteiger partial charge is 0.321 e. The molecule has 0 saturated carbocycles. The molecule has 0 fully saturated rings. The Morgan fingerprint density at radius 1 is 0.816 bits per heavy atom. The van der Waals surface area contributed by atoms with E-state index in [-0.39, 0.29) is 18.4 Å². The van der Waals surface area contributed by atoms with Gasteiger partial charge < -0.3 is 10.1 Å². The lowest BCUT2D eigenvalue weighted by Gasteiger charge is -2.24. The largest absolute Gasteiger partial charge is 0.466 e. The van der Waals surface area contributed by atoms with Gasteiger partial charge in [0.2, 0.25) is 0 Å². The Hall–Kier alpha value is -3.25. The molecule has 0 aromatic heterocycles. The van der Waals surface area contributed by atoms with Crippen LogP contribution < -0.4 is 10.2 Å². The number of amides is 2. The Labute approximate surface area is 232 Å². The van der Waals surface area contributed by atoms with E-state index in [1.54, 1.807) is 11.8 Å². The van der Waals surface area contributed by atoms with Gasteiger partial charge in [0.1, 0.15) is 0 Å². The molecular formula is C32H40N2O3S. The summed E-state index contributed by atoms with van der Waals surface area (Å²) in [4.78, 5) is 29.0. The van der Waals surface area contributed by atoms with Crippen LogP contribution in [0.2, 0.25) is 0 Å². The molecule has 0 bridgehead atoms. The molecule has 38 heavy (non-hydrogen) atoms. The summed E-state index contributed by atoms with van der Waals surface area (Å²) in [6.45, 7) is 5.72. The van der Waals surface area contributed by atoms with E-state index in [4.69, 9.17) is 4.74 Å². The molecule has 0 aliphatic carbocycles. The molecular weight excluding hydrogens is 492 g/mol. The fourth-order valence-electron chi connectivity index (χ4n) is 4.20. The van der Waals surface area contributed by atoms with Crippen molar-refractivity contribution in [2.75, 3.05) is 24.6 Å². The summed E-state index contributed by atoms with van der Waals surface area (Å²) in [6.07, 6.45) is 6.82. The molecule has 202 valence electrons. The number of unbranched alkanes of at least 4 members (excludes halogenated alkanes) is 4. The lowest BCUT2D eigenvalue weighted by Crippen LogP contribution is -2.41. The molecule has 2 amide bonds. The number of carbonyl (C=O) groups excluding carboxylic acids is 2. The van der Waals surface area contributed by atoms with Gasteiger partial charge in [-0.3, -0.25) is 9.69 Å². The van der Waals surface area contributed by atoms with Crippen LogP contribution in [0.15, 0.2) is 88.7 Å². The Kier molecular flexibility index (Phi) is 12.8. The van der Waals surface area contributed by atoms with Crippen molar-refractivity contribution in [3.05, 3.63) is 90.0 Å². The quantitative estimate of drug-likeness (QED) is 0.161. The van der Waals surface area contributed by atoms with Crippen molar-refractivity contribution in [1.82, 2.24) is 5.32 Å². The second kappa shape index (κ2) is 16.6. The lowest BCUT2D eigenvalue weighted by molar-refractivity contribution is -0.142. The monoisotopic (exact) mass is 532 g/mol. The summed E-state index contributed by atoms with van der Waals surface area (Å²) < 4.78 is 5.07. The highest BCUT2D eigenvalue weighted by molar-refractivity contribution is 7.99. The first-order valence-electron chi connectivity index (χ1n) is 13.7. The zero-order valence-corrected chi connectivity index (χ0v) is 23.5. The van der Waals surface area contributed by atoms with Crippen LogP contribution in [0.1, 0.15) is 57.1 Å². The normalized spacial score (nSPS) is 10.7. The number of hydrogen-bond acceptors (Lipinski definition) is 4. The van der Waals surface area contributed by atoms with Crippen molar-refractivity contribution in [3.63, 3.8) is 0 Å². The summed E-state index contributed by atoms with van der Waals surface area (Å²) in [5, 5.41) is 3.11. The van der Waals surface area contributed by atoms with E-state index in [1.165, 1.54) is 24.8 Å². The van der Waals surface area contributed by atoms with Gasteiger partial charge in [0.25, 0.3) is 0 Å². The van der Waals surface area contributed by atoms with Crippen LogP contribution in [0.4, 0.5) is 10.5 Å². The number of ether oxygens (including phenoxy) is 1. The van der Waals surface area contributed by atoms with Crippen LogP contribution >= 0.6 is 11.8 Å². The maximum absolute atomic E-state index is 13.2. The van der Waals surface area contributed by atoms with Crippen molar-refractivity contribution in [3.8, 4) is 0 Å². The highest BCUT2D eigenvalue weighted by Crippen LogP contribution is 2.30. The third kappa shape index (κ3) is 10.3. The number of carbonyl (C=O) groups is 2. The average molecular weight is 533 g/mol. The molecule has 0 aliphatic rings. The highest BCUT2D eigenvalue weighted by atomic mass is 32.2. The van der Waals surface area contributed by atoms with Crippen LogP contribution in [-0.2, 0) is 22.4 Å². The molecule has 1 N–H and O–H groups in total. The number of esters is 1. The van der Waals surface area contributed by atoms with Gasteiger partial charge in [0, 0.05) is 28.6 Å². The van der Waals surface area contributed by atoms with Gasteiger partial charge in [-0.2, -0.15) is 0 Å². The Morgan fingerprint density at radius 2 is 1.55 bits per heavy atom. The molecule has 0 unspecified atom stereocenters. The Morgan fingerprint density at radius 3 is 2.29 bits per heavy atom. The molecule has 3 aromatic carbocycles. The number of nitrogens with one attached hydrogen (secondary N) is 1. The molecule has 0 spiro atoms. The summed E-state index contributed by atoms with van der Waals surface area (Å²) >= 11 is 1.64. The fraction of sp³-hybridized carbons (Fsp3) is 0.375. The van der Waals surface area contributed by atoms with E-state index in [1.807, 2.05) is 66.4 Å². The van der Waals surface area contributed by atoms with E-state index in [0.717, 1.165) is 40.3 Å². The molecule has 5 nitrogen and oxygen atoms in total. The first kappa shape index (κ1) is 29.3. The molecule has 0 aliphatic heterocycles. The van der Waals surface area contributed by atoms with Gasteiger partial charge in [-0.25, -0.2) is 4.79 Å². The van der Waals surface area contributed by atoms with E-state index in [0.29, 0.717) is 19.7 Å². The van der Waals surface area contributed by atoms with Crippen LogP contribution in [0.5, 0.6) is 0 Å². The van der Waals surface area contributed by atoms with Crippen LogP contribution in [0, 0.1) is 0 Å². The zero-order chi connectivity index (χ0) is 27.0. The van der Waals surface area contributed by atoms with Crippen molar-refractivity contribution >= 4 is 29.4 Å². The van der Waals surface area contributed by atoms with E-state index >= 15 is 0 Å². The predicted molar refractivity (Wildman–Crippen MR) is 157 cm³/mol. The maximum Gasteiger partial charge on any atom is 0.321 e. The van der Waals surface area contributed by atoms with Crippen LogP contribution in [-0.4, -0.2) is 31.7 Å². The third-order valence-corrected chi connectivity index (χ3v) is 7.20. The van der Waals surface area contributed by atoms with Crippen LogP contribution in [0.3, 0.4) is 0 Å². The van der Waals surface area contributed by atoms with E-state index < -0.39 is 0 Å². The van der Waals surface area contributed by atoms with Gasteiger partial charge in [-0.15, -0.1) is 0 Å². The topological polar surface area (TPSA) is 58.6 Å². The number of hydrogen-bond donors (Lipinski definition) is 1. The van der Waals surface area contributed by atoms with Crippen LogP contribution in [0.25, 0.3) is 0 Å². The molecule has 3 rings (SSSR count). The van der Waals surface area contributed by atoms with E-state index in [9.17, 15) is 9.59 Å². The van der Waals surface area contributed by atoms with Gasteiger partial charge in [-0.05, 0) is 67.3 Å². The third-order valence-electron chi connectivity index (χ3n) is 6.20. The van der Waals surface area contributed by atoms with E-state index in [2.05, 4.69) is 36.5 Å². The second-order valence-electron chi connectivity index (χ2n) is 9.26. The fourth-order valence-corrected chi connectivity index (χ4v) is 5.10. The molecule has 0 atom stereocenters. The standard InChI is InChI=1S/C32H40N2O3S/c1-3-5-6-7-11-23-34(32(36)33-22-21-26-13-9-8-10-14-26)28-17-19-29(20-18-28)38-30-16-12-15-27(24-30)25-31(35)37-4-2/h8-10,12-20,24H,3-7,11,21-23,25H2,1-2H3,(H,33,36). The first-order valence-corrected chi connectivity index (χ1v) is 14.5. The zero-order valence-electron chi connectivity index (χ0n) is 22.7. The minimum absolute atomic E-state index is 0.0523. The van der Waals surface area contributed by atoms with Gasteiger partial charge >= 0.3 is 12.0 Å². The lowest BCUT2D eigenvalue weighted by atomic mass is 10.1. The first-order chi connectivity index (χ1) is 18.6. The number of nitrogens with zero attached hydrogens (tertiary/aromatic N) is 1. The van der Waals surface area contributed by atoms with Crippen molar-refractivity contribution in [2.24, 2.45) is 0 Å². The average Bonchev–Trinajstić information content (AvgIpc) is 2.92. The van der Waals surface area contributed by atoms with Gasteiger partial charge in [0.15, 0.2) is 0 Å². The molecule has 0 saturated heterocycles. The highest BCUT2D eigenvalue weighted by Gasteiger charge is 2.15. The maximum atomic E-state index is 13.2. The molecule has 3 aromatic rings. The van der Waals surface area contributed by atoms with Crippen molar-refractivity contribution < 1.29 is 14.3 Å². The number of rotatable bonds is 15. The Bertz CT molecular complexity index is 1120. The van der Waals surface area contributed by atoms with Gasteiger partial charge in [0.05, 0.1) is 13.0 Å². The van der Waals surface area contributed by atoms with Gasteiger partial charge in [-0.1, -0.05) is 86.8 Å². The molecule has 6 heteroatoms. The van der Waals surface area contributed by atoms with Crippen molar-refractivity contribution in [2.45, 2.75) is 68.6 Å². The second-order valence-corrected chi connectivity index (χ2v) is 10.4. The summed E-state index contributed by atoms with van der Waals surface area (Å²) in [5.41, 5.74) is 3.05. The summed E-state index contributed by atoms with van der Waals surface area (Å²) in [6, 6.07) is 26.3. The number of urea groups is 1. The van der Waals surface area contributed by atoms with Crippen molar-refractivity contribution in [1.29, 1.82) is 0 Å². The SMILES string of the molecule is CCCCCCCN(C(=O)NCCc1ccccc1)c1ccc(Sc2cccc(CC(=O)OCC)c2)cc1. The number of anilines is 1. The minimum Gasteiger partial charge on any atom is -0.466 e. The molecule has 0 heterocycles. The minimum atomic E-state index is -0.212. The predicted octanol–water partition coefficient (Wildman–Crippen LogP) is 7.67. The summed E-state index contributed by atoms with van der Waals surface area (Å²) in [7, 11) is 0. The number of benzene rings is 3.